The number of hydrogen-bond donors (Lipinski definition) is 3. The van der Waals surface area contributed by atoms with Gasteiger partial charge in [-0.15, -0.1) is 0 Å². The number of amidine groups is 1. The van der Waals surface area contributed by atoms with Gasteiger partial charge in [-0.1, -0.05) is 0 Å². The van der Waals surface area contributed by atoms with Crippen LogP contribution in [0.1, 0.15) is 38.5 Å². The van der Waals surface area contributed by atoms with Crippen LogP contribution in [0.25, 0.3) is 0 Å². The number of aliphatic hydroxyl groups excluding tert-OH is 1. The molecule has 0 bridgehead atoms. The molecule has 0 amide bonds. The number of nitrogens with one attached hydrogen (secondary N) is 1. The third-order valence-electron chi connectivity index (χ3n) is 3.31. The molecule has 0 radical (unpaired) electrons. The Hall–Kier alpha value is -0.610. The second-order valence-corrected chi connectivity index (χ2v) is 4.80. The number of nitrogens with two attached hydrogens (primary N) is 1. The third kappa shape index (κ3) is 5.47. The molecule has 0 saturated carbocycles. The Balaban J connectivity index is 2.09. The number of aliphatic hydroxyl groups is 1. The van der Waals surface area contributed by atoms with Crippen LogP contribution in [0.3, 0.4) is 0 Å². The molecule has 1 aliphatic rings. The van der Waals surface area contributed by atoms with Crippen molar-refractivity contribution in [1.82, 2.24) is 4.90 Å². The molecular formula is C12H25N3O. The number of unbranched alkanes of at least 4 members (excludes halogenated alkanes) is 1. The van der Waals surface area contributed by atoms with Crippen molar-refractivity contribution < 1.29 is 5.11 Å². The van der Waals surface area contributed by atoms with Gasteiger partial charge < -0.3 is 15.7 Å². The zero-order chi connectivity index (χ0) is 11.8. The molecule has 0 aromatic rings. The maximum absolute atomic E-state index is 8.92. The van der Waals surface area contributed by atoms with Crippen LogP contribution in [0, 0.1) is 11.3 Å². The number of nitrogens with zero attached hydrogens (tertiary/aromatic N) is 1. The average molecular weight is 227 g/mol. The van der Waals surface area contributed by atoms with Crippen LogP contribution in [0.2, 0.25) is 0 Å². The lowest BCUT2D eigenvalue weighted by Crippen LogP contribution is -2.36. The van der Waals surface area contributed by atoms with E-state index in [9.17, 15) is 0 Å². The lowest BCUT2D eigenvalue weighted by Gasteiger charge is -2.32. The topological polar surface area (TPSA) is 73.3 Å². The molecule has 1 atom stereocenters. The van der Waals surface area contributed by atoms with Crippen LogP contribution < -0.4 is 5.73 Å². The van der Waals surface area contributed by atoms with Crippen molar-refractivity contribution in [1.29, 1.82) is 5.41 Å². The maximum atomic E-state index is 8.92. The Morgan fingerprint density at radius 3 is 2.94 bits per heavy atom. The summed E-state index contributed by atoms with van der Waals surface area (Å²) in [6.45, 7) is 3.78. The normalized spacial score (nSPS) is 22.2. The van der Waals surface area contributed by atoms with Gasteiger partial charge in [0.15, 0.2) is 0 Å². The molecule has 0 aromatic carbocycles. The summed E-state index contributed by atoms with van der Waals surface area (Å²) in [5.74, 6) is 0.989. The van der Waals surface area contributed by atoms with Gasteiger partial charge in [-0.2, -0.15) is 0 Å². The van der Waals surface area contributed by atoms with Crippen molar-refractivity contribution in [3.8, 4) is 0 Å². The van der Waals surface area contributed by atoms with Crippen LogP contribution in [0.15, 0.2) is 0 Å². The molecule has 1 unspecified atom stereocenters. The van der Waals surface area contributed by atoms with Crippen LogP contribution in [0.5, 0.6) is 0 Å². The number of rotatable bonds is 7. The molecule has 1 aliphatic heterocycles. The Kier molecular flexibility index (Phi) is 6.42. The molecule has 4 heteroatoms. The van der Waals surface area contributed by atoms with E-state index in [1.54, 1.807) is 0 Å². The molecule has 1 fully saturated rings. The quantitative estimate of drug-likeness (QED) is 0.347. The van der Waals surface area contributed by atoms with Gasteiger partial charge in [-0.3, -0.25) is 5.41 Å². The Bertz CT molecular complexity index is 206. The predicted octanol–water partition coefficient (Wildman–Crippen LogP) is 1.19. The molecule has 0 aromatic heterocycles. The number of likely N-dealkylation sites (tertiary alicyclic amines) is 1. The van der Waals surface area contributed by atoms with Crippen molar-refractivity contribution in [2.24, 2.45) is 11.7 Å². The van der Waals surface area contributed by atoms with E-state index in [1.165, 1.54) is 19.4 Å². The van der Waals surface area contributed by atoms with Crippen LogP contribution >= 0.6 is 0 Å². The molecule has 4 N–H and O–H groups in total. The van der Waals surface area contributed by atoms with E-state index in [-0.39, 0.29) is 0 Å². The Morgan fingerprint density at radius 2 is 2.25 bits per heavy atom. The summed E-state index contributed by atoms with van der Waals surface area (Å²) in [5, 5.41) is 16.1. The summed E-state index contributed by atoms with van der Waals surface area (Å²) >= 11 is 0. The second-order valence-electron chi connectivity index (χ2n) is 4.80. The van der Waals surface area contributed by atoms with Gasteiger partial charge >= 0.3 is 0 Å². The lowest BCUT2D eigenvalue weighted by atomic mass is 9.95. The standard InChI is InChI=1S/C12H25N3O/c13-12(14)5-1-2-7-15-8-3-4-11(10-15)6-9-16/h11,16H,1-10H2,(H3,13,14). The first kappa shape index (κ1) is 13.5. The summed E-state index contributed by atoms with van der Waals surface area (Å²) in [5.41, 5.74) is 5.32. The highest BCUT2D eigenvalue weighted by atomic mass is 16.3. The van der Waals surface area contributed by atoms with Gasteiger partial charge in [0.1, 0.15) is 0 Å². The number of piperidine rings is 1. The van der Waals surface area contributed by atoms with Gasteiger partial charge in [-0.25, -0.2) is 0 Å². The van der Waals surface area contributed by atoms with Crippen LogP contribution in [0.4, 0.5) is 0 Å². The second kappa shape index (κ2) is 7.63. The van der Waals surface area contributed by atoms with Crippen molar-refractivity contribution in [2.75, 3.05) is 26.2 Å². The van der Waals surface area contributed by atoms with E-state index in [0.29, 0.717) is 18.4 Å². The molecule has 0 spiro atoms. The minimum atomic E-state index is 0.303. The van der Waals surface area contributed by atoms with E-state index in [0.717, 1.165) is 38.8 Å². The van der Waals surface area contributed by atoms with Crippen molar-refractivity contribution in [3.05, 3.63) is 0 Å². The third-order valence-corrected chi connectivity index (χ3v) is 3.31. The minimum Gasteiger partial charge on any atom is -0.396 e. The SMILES string of the molecule is N=C(N)CCCCN1CCCC(CCO)C1. The largest absolute Gasteiger partial charge is 0.396 e. The smallest absolute Gasteiger partial charge is 0.0905 e. The first-order valence-electron chi connectivity index (χ1n) is 6.38. The van der Waals surface area contributed by atoms with Crippen molar-refractivity contribution >= 4 is 5.84 Å². The Morgan fingerprint density at radius 1 is 1.44 bits per heavy atom. The highest BCUT2D eigenvalue weighted by Gasteiger charge is 2.18. The van der Waals surface area contributed by atoms with Crippen LogP contribution in [-0.4, -0.2) is 42.1 Å². The van der Waals surface area contributed by atoms with Gasteiger partial charge in [0.25, 0.3) is 0 Å². The molecule has 1 saturated heterocycles. The molecule has 1 rings (SSSR count). The average Bonchev–Trinajstić information content (AvgIpc) is 2.25. The highest BCUT2D eigenvalue weighted by molar-refractivity contribution is 5.76. The summed E-state index contributed by atoms with van der Waals surface area (Å²) in [6.07, 6.45) is 6.36. The maximum Gasteiger partial charge on any atom is 0.0905 e. The Labute approximate surface area is 98.3 Å². The van der Waals surface area contributed by atoms with E-state index in [2.05, 4.69) is 4.90 Å². The molecule has 1 heterocycles. The summed E-state index contributed by atoms with van der Waals surface area (Å²) in [4.78, 5) is 2.49. The zero-order valence-electron chi connectivity index (χ0n) is 10.1. The van der Waals surface area contributed by atoms with E-state index >= 15 is 0 Å². The molecular weight excluding hydrogens is 202 g/mol. The first-order valence-corrected chi connectivity index (χ1v) is 6.38. The van der Waals surface area contributed by atoms with Crippen LogP contribution in [-0.2, 0) is 0 Å². The predicted molar refractivity (Wildman–Crippen MR) is 66.6 cm³/mol. The molecule has 4 nitrogen and oxygen atoms in total. The fraction of sp³-hybridized carbons (Fsp3) is 0.917. The summed E-state index contributed by atoms with van der Waals surface area (Å²) < 4.78 is 0. The van der Waals surface area contributed by atoms with Crippen molar-refractivity contribution in [2.45, 2.75) is 38.5 Å². The minimum absolute atomic E-state index is 0.303. The van der Waals surface area contributed by atoms with E-state index in [4.69, 9.17) is 16.2 Å². The fourth-order valence-electron chi connectivity index (χ4n) is 2.42. The first-order chi connectivity index (χ1) is 7.72. The monoisotopic (exact) mass is 227 g/mol. The summed E-state index contributed by atoms with van der Waals surface area (Å²) in [7, 11) is 0. The van der Waals surface area contributed by atoms with Gasteiger partial charge in [0.2, 0.25) is 0 Å². The molecule has 16 heavy (non-hydrogen) atoms. The van der Waals surface area contributed by atoms with E-state index in [1.807, 2.05) is 0 Å². The van der Waals surface area contributed by atoms with E-state index < -0.39 is 0 Å². The lowest BCUT2D eigenvalue weighted by molar-refractivity contribution is 0.146. The highest BCUT2D eigenvalue weighted by Crippen LogP contribution is 2.19. The van der Waals surface area contributed by atoms with Gasteiger partial charge in [-0.05, 0) is 51.1 Å². The molecule has 94 valence electrons. The molecule has 0 aliphatic carbocycles. The fourth-order valence-corrected chi connectivity index (χ4v) is 2.42. The van der Waals surface area contributed by atoms with Gasteiger partial charge in [0.05, 0.1) is 5.84 Å². The summed E-state index contributed by atoms with van der Waals surface area (Å²) in [6, 6.07) is 0. The van der Waals surface area contributed by atoms with Crippen molar-refractivity contribution in [3.63, 3.8) is 0 Å². The number of hydrogen-bond acceptors (Lipinski definition) is 3. The van der Waals surface area contributed by atoms with Gasteiger partial charge in [0, 0.05) is 19.6 Å². The zero-order valence-corrected chi connectivity index (χ0v) is 10.1.